The monoisotopic (exact) mass is 298 g/mol. The average molecular weight is 298 g/mol. The molecular weight excluding hydrogens is 280 g/mol. The van der Waals surface area contributed by atoms with E-state index in [1.54, 1.807) is 56.6 Å². The van der Waals surface area contributed by atoms with E-state index in [2.05, 4.69) is 10.6 Å². The molecule has 0 radical (unpaired) electrons. The maximum atomic E-state index is 12.1. The summed E-state index contributed by atoms with van der Waals surface area (Å²) < 4.78 is 5.10. The van der Waals surface area contributed by atoms with Crippen LogP contribution >= 0.6 is 0 Å². The summed E-state index contributed by atoms with van der Waals surface area (Å²) in [6, 6.07) is 14.1. The molecule has 0 bridgehead atoms. The fraction of sp³-hybridized carbons (Fsp3) is 0.176. The molecule has 0 aliphatic rings. The fourth-order valence-electron chi connectivity index (χ4n) is 2.02. The molecular formula is C17H18N2O3. The van der Waals surface area contributed by atoms with E-state index < -0.39 is 0 Å². The number of nitrogens with one attached hydrogen (secondary N) is 2. The number of hydrogen-bond donors (Lipinski definition) is 2. The average Bonchev–Trinajstić information content (AvgIpc) is 2.59. The van der Waals surface area contributed by atoms with E-state index in [0.717, 1.165) is 5.56 Å². The number of carbonyl (C=O) groups excluding carboxylic acids is 2. The van der Waals surface area contributed by atoms with Crippen LogP contribution in [0.1, 0.15) is 26.3 Å². The van der Waals surface area contributed by atoms with Gasteiger partial charge in [0.05, 0.1) is 7.11 Å². The zero-order valence-corrected chi connectivity index (χ0v) is 12.6. The number of benzene rings is 2. The molecule has 5 heteroatoms. The highest BCUT2D eigenvalue weighted by atomic mass is 16.5. The van der Waals surface area contributed by atoms with Gasteiger partial charge in [0.1, 0.15) is 5.75 Å². The number of amides is 2. The van der Waals surface area contributed by atoms with Crippen molar-refractivity contribution in [2.75, 3.05) is 14.2 Å². The van der Waals surface area contributed by atoms with Gasteiger partial charge in [-0.05, 0) is 35.9 Å². The Hall–Kier alpha value is -2.82. The zero-order chi connectivity index (χ0) is 15.9. The highest BCUT2D eigenvalue weighted by Crippen LogP contribution is 2.12. The van der Waals surface area contributed by atoms with Crippen LogP contribution < -0.4 is 15.4 Å². The van der Waals surface area contributed by atoms with E-state index in [0.29, 0.717) is 23.4 Å². The van der Waals surface area contributed by atoms with Crippen molar-refractivity contribution in [3.8, 4) is 5.75 Å². The van der Waals surface area contributed by atoms with E-state index in [4.69, 9.17) is 4.74 Å². The van der Waals surface area contributed by atoms with Gasteiger partial charge in [-0.1, -0.05) is 18.2 Å². The Balaban J connectivity index is 2.03. The van der Waals surface area contributed by atoms with Crippen molar-refractivity contribution in [3.63, 3.8) is 0 Å². The SMILES string of the molecule is CNC(=O)c1cccc(CNC(=O)c2cccc(OC)c2)c1. The molecule has 0 aliphatic carbocycles. The second-order valence-electron chi connectivity index (χ2n) is 4.69. The van der Waals surface area contributed by atoms with Crippen LogP contribution in [-0.4, -0.2) is 26.0 Å². The minimum Gasteiger partial charge on any atom is -0.497 e. The Morgan fingerprint density at radius 1 is 1.00 bits per heavy atom. The van der Waals surface area contributed by atoms with Crippen LogP contribution in [-0.2, 0) is 6.54 Å². The number of rotatable bonds is 5. The molecule has 2 amide bonds. The van der Waals surface area contributed by atoms with Crippen LogP contribution in [0.25, 0.3) is 0 Å². The third kappa shape index (κ3) is 3.85. The van der Waals surface area contributed by atoms with Crippen LogP contribution in [0, 0.1) is 0 Å². The Labute approximate surface area is 129 Å². The second-order valence-corrected chi connectivity index (χ2v) is 4.69. The van der Waals surface area contributed by atoms with Gasteiger partial charge >= 0.3 is 0 Å². The first-order chi connectivity index (χ1) is 10.6. The first-order valence-corrected chi connectivity index (χ1v) is 6.87. The maximum Gasteiger partial charge on any atom is 0.251 e. The third-order valence-corrected chi connectivity index (χ3v) is 3.20. The maximum absolute atomic E-state index is 12.1. The summed E-state index contributed by atoms with van der Waals surface area (Å²) in [5.41, 5.74) is 1.95. The smallest absolute Gasteiger partial charge is 0.251 e. The number of hydrogen-bond acceptors (Lipinski definition) is 3. The summed E-state index contributed by atoms with van der Waals surface area (Å²) in [4.78, 5) is 23.7. The van der Waals surface area contributed by atoms with Gasteiger partial charge in [0.2, 0.25) is 0 Å². The largest absolute Gasteiger partial charge is 0.497 e. The minimum atomic E-state index is -0.191. The van der Waals surface area contributed by atoms with Crippen molar-refractivity contribution in [3.05, 3.63) is 65.2 Å². The molecule has 0 unspecified atom stereocenters. The van der Waals surface area contributed by atoms with E-state index in [9.17, 15) is 9.59 Å². The minimum absolute atomic E-state index is 0.152. The number of carbonyl (C=O) groups is 2. The van der Waals surface area contributed by atoms with Crippen LogP contribution in [0.15, 0.2) is 48.5 Å². The van der Waals surface area contributed by atoms with Crippen LogP contribution in [0.2, 0.25) is 0 Å². The van der Waals surface area contributed by atoms with Crippen molar-refractivity contribution in [1.82, 2.24) is 10.6 Å². The van der Waals surface area contributed by atoms with Crippen LogP contribution in [0.4, 0.5) is 0 Å². The van der Waals surface area contributed by atoms with Gasteiger partial charge in [0.15, 0.2) is 0 Å². The lowest BCUT2D eigenvalue weighted by molar-refractivity contribution is 0.0948. The third-order valence-electron chi connectivity index (χ3n) is 3.20. The molecule has 2 rings (SSSR count). The molecule has 22 heavy (non-hydrogen) atoms. The summed E-state index contributed by atoms with van der Waals surface area (Å²) in [5.74, 6) is 0.291. The van der Waals surface area contributed by atoms with Gasteiger partial charge in [0, 0.05) is 24.7 Å². The van der Waals surface area contributed by atoms with Crippen molar-refractivity contribution >= 4 is 11.8 Å². The van der Waals surface area contributed by atoms with Crippen molar-refractivity contribution in [2.45, 2.75) is 6.54 Å². The molecule has 2 aromatic carbocycles. The first kappa shape index (κ1) is 15.6. The summed E-state index contributed by atoms with van der Waals surface area (Å²) >= 11 is 0. The molecule has 0 heterocycles. The van der Waals surface area contributed by atoms with Gasteiger partial charge in [-0.25, -0.2) is 0 Å². The number of methoxy groups -OCH3 is 1. The summed E-state index contributed by atoms with van der Waals surface area (Å²) in [5, 5.41) is 5.40. The molecule has 114 valence electrons. The molecule has 2 aromatic rings. The molecule has 2 N–H and O–H groups in total. The highest BCUT2D eigenvalue weighted by molar-refractivity contribution is 5.95. The molecule has 0 spiro atoms. The zero-order valence-electron chi connectivity index (χ0n) is 12.6. The van der Waals surface area contributed by atoms with Crippen LogP contribution in [0.3, 0.4) is 0 Å². The normalized spacial score (nSPS) is 9.91. The van der Waals surface area contributed by atoms with Gasteiger partial charge in [-0.15, -0.1) is 0 Å². The summed E-state index contributed by atoms with van der Waals surface area (Å²) in [6.07, 6.45) is 0. The lowest BCUT2D eigenvalue weighted by Crippen LogP contribution is -2.23. The summed E-state index contributed by atoms with van der Waals surface area (Å²) in [6.45, 7) is 0.348. The van der Waals surface area contributed by atoms with E-state index in [-0.39, 0.29) is 11.8 Å². The predicted molar refractivity (Wildman–Crippen MR) is 84.0 cm³/mol. The molecule has 5 nitrogen and oxygen atoms in total. The number of ether oxygens (including phenoxy) is 1. The fourth-order valence-corrected chi connectivity index (χ4v) is 2.02. The standard InChI is InChI=1S/C17H18N2O3/c1-18-16(20)13-6-3-5-12(9-13)11-19-17(21)14-7-4-8-15(10-14)22-2/h3-10H,11H2,1-2H3,(H,18,20)(H,19,21). The van der Waals surface area contributed by atoms with Gasteiger partial charge < -0.3 is 15.4 Å². The first-order valence-electron chi connectivity index (χ1n) is 6.87. The Morgan fingerprint density at radius 2 is 1.68 bits per heavy atom. The lowest BCUT2D eigenvalue weighted by Gasteiger charge is -2.08. The summed E-state index contributed by atoms with van der Waals surface area (Å²) in [7, 11) is 3.14. The second kappa shape index (κ2) is 7.26. The van der Waals surface area contributed by atoms with Crippen molar-refractivity contribution < 1.29 is 14.3 Å². The van der Waals surface area contributed by atoms with Gasteiger partial charge in [-0.2, -0.15) is 0 Å². The predicted octanol–water partition coefficient (Wildman–Crippen LogP) is 1.98. The molecule has 0 saturated carbocycles. The quantitative estimate of drug-likeness (QED) is 0.887. The molecule has 0 atom stereocenters. The topological polar surface area (TPSA) is 67.4 Å². The van der Waals surface area contributed by atoms with E-state index in [1.807, 2.05) is 6.07 Å². The Bertz CT molecular complexity index is 683. The molecule has 0 aliphatic heterocycles. The molecule has 0 fully saturated rings. The van der Waals surface area contributed by atoms with E-state index >= 15 is 0 Å². The highest BCUT2D eigenvalue weighted by Gasteiger charge is 2.08. The van der Waals surface area contributed by atoms with Gasteiger partial charge in [0.25, 0.3) is 11.8 Å². The van der Waals surface area contributed by atoms with Crippen molar-refractivity contribution in [1.29, 1.82) is 0 Å². The Morgan fingerprint density at radius 3 is 2.36 bits per heavy atom. The molecule has 0 aromatic heterocycles. The van der Waals surface area contributed by atoms with Gasteiger partial charge in [-0.3, -0.25) is 9.59 Å². The molecule has 0 saturated heterocycles. The van der Waals surface area contributed by atoms with E-state index in [1.165, 1.54) is 0 Å². The van der Waals surface area contributed by atoms with Crippen LogP contribution in [0.5, 0.6) is 5.75 Å². The lowest BCUT2D eigenvalue weighted by atomic mass is 10.1. The van der Waals surface area contributed by atoms with Crippen molar-refractivity contribution in [2.24, 2.45) is 0 Å². The Kier molecular flexibility index (Phi) is 5.14.